The Morgan fingerprint density at radius 3 is 2.38 bits per heavy atom. The summed E-state index contributed by atoms with van der Waals surface area (Å²) in [7, 11) is 0. The van der Waals surface area contributed by atoms with Crippen molar-refractivity contribution in [3.63, 3.8) is 0 Å². The summed E-state index contributed by atoms with van der Waals surface area (Å²) < 4.78 is 5.93. The van der Waals surface area contributed by atoms with E-state index in [1.54, 1.807) is 0 Å². The highest BCUT2D eigenvalue weighted by molar-refractivity contribution is 5.81. The quantitative estimate of drug-likeness (QED) is 0.768. The molecule has 2 N–H and O–H groups in total. The lowest BCUT2D eigenvalue weighted by atomic mass is 10.0. The summed E-state index contributed by atoms with van der Waals surface area (Å²) >= 11 is 0. The van der Waals surface area contributed by atoms with Crippen molar-refractivity contribution in [2.45, 2.75) is 52.3 Å². The van der Waals surface area contributed by atoms with E-state index < -0.39 is 0 Å². The minimum Gasteiger partial charge on any atom is -0.374 e. The van der Waals surface area contributed by atoms with Gasteiger partial charge in [-0.05, 0) is 26.2 Å². The van der Waals surface area contributed by atoms with Gasteiger partial charge < -0.3 is 15.4 Å². The molecule has 2 aliphatic rings. The Labute approximate surface area is 147 Å². The van der Waals surface area contributed by atoms with E-state index in [0.717, 1.165) is 58.8 Å². The average Bonchev–Trinajstić information content (AvgIpc) is 2.54. The smallest absolute Gasteiger partial charge is 0.239 e. The first-order valence-electron chi connectivity index (χ1n) is 9.49. The SMILES string of the molecule is CC(C)C[C@H](N)C(=O)N1CCN(CC2CN(C(C)C)CCO2)CC1. The van der Waals surface area contributed by atoms with Gasteiger partial charge in [-0.3, -0.25) is 14.6 Å². The minimum absolute atomic E-state index is 0.114. The number of morpholine rings is 1. The van der Waals surface area contributed by atoms with Crippen molar-refractivity contribution in [1.29, 1.82) is 0 Å². The van der Waals surface area contributed by atoms with Crippen LogP contribution in [0.2, 0.25) is 0 Å². The van der Waals surface area contributed by atoms with Gasteiger partial charge in [0, 0.05) is 51.9 Å². The van der Waals surface area contributed by atoms with Crippen LogP contribution in [0.25, 0.3) is 0 Å². The maximum atomic E-state index is 12.4. The van der Waals surface area contributed by atoms with Gasteiger partial charge >= 0.3 is 0 Å². The van der Waals surface area contributed by atoms with E-state index in [1.165, 1.54) is 0 Å². The Morgan fingerprint density at radius 2 is 1.79 bits per heavy atom. The third kappa shape index (κ3) is 5.69. The highest BCUT2D eigenvalue weighted by atomic mass is 16.5. The molecule has 140 valence electrons. The fourth-order valence-electron chi connectivity index (χ4n) is 3.60. The minimum atomic E-state index is -0.349. The molecule has 2 aliphatic heterocycles. The summed E-state index contributed by atoms with van der Waals surface area (Å²) in [4.78, 5) is 19.2. The third-order valence-corrected chi connectivity index (χ3v) is 5.09. The number of hydrogen-bond acceptors (Lipinski definition) is 5. The molecule has 0 aliphatic carbocycles. The molecule has 2 saturated heterocycles. The molecule has 0 radical (unpaired) electrons. The number of amides is 1. The van der Waals surface area contributed by atoms with Crippen molar-refractivity contribution in [3.05, 3.63) is 0 Å². The third-order valence-electron chi connectivity index (χ3n) is 5.09. The molecule has 2 atom stereocenters. The van der Waals surface area contributed by atoms with E-state index in [1.807, 2.05) is 4.90 Å². The normalized spacial score (nSPS) is 25.5. The Balaban J connectivity index is 1.73. The summed E-state index contributed by atoms with van der Waals surface area (Å²) in [6.07, 6.45) is 1.05. The van der Waals surface area contributed by atoms with E-state index in [9.17, 15) is 4.79 Å². The summed E-state index contributed by atoms with van der Waals surface area (Å²) in [5, 5.41) is 0. The van der Waals surface area contributed by atoms with Crippen molar-refractivity contribution in [1.82, 2.24) is 14.7 Å². The zero-order chi connectivity index (χ0) is 17.7. The zero-order valence-electron chi connectivity index (χ0n) is 15.9. The van der Waals surface area contributed by atoms with Gasteiger partial charge in [0.2, 0.25) is 5.91 Å². The largest absolute Gasteiger partial charge is 0.374 e. The monoisotopic (exact) mass is 340 g/mol. The van der Waals surface area contributed by atoms with Crippen molar-refractivity contribution < 1.29 is 9.53 Å². The first-order valence-corrected chi connectivity index (χ1v) is 9.49. The van der Waals surface area contributed by atoms with Crippen LogP contribution in [0.5, 0.6) is 0 Å². The highest BCUT2D eigenvalue weighted by Crippen LogP contribution is 2.13. The number of nitrogens with two attached hydrogens (primary N) is 1. The standard InChI is InChI=1S/C18H36N4O2/c1-14(2)11-17(19)18(23)21-7-5-20(6-8-21)12-16-13-22(15(3)4)9-10-24-16/h14-17H,5-13,19H2,1-4H3/t16?,17-/m0/s1. The molecule has 1 unspecified atom stereocenters. The number of carbonyl (C=O) groups is 1. The predicted octanol–water partition coefficient (Wildman–Crippen LogP) is 0.613. The van der Waals surface area contributed by atoms with Crippen LogP contribution < -0.4 is 5.73 Å². The lowest BCUT2D eigenvalue weighted by Gasteiger charge is -2.40. The van der Waals surface area contributed by atoms with Crippen LogP contribution in [0.4, 0.5) is 0 Å². The molecule has 24 heavy (non-hydrogen) atoms. The van der Waals surface area contributed by atoms with Gasteiger partial charge in [0.05, 0.1) is 18.8 Å². The molecule has 6 nitrogen and oxygen atoms in total. The molecule has 1 amide bonds. The molecular weight excluding hydrogens is 304 g/mol. The molecule has 0 saturated carbocycles. The molecule has 2 rings (SSSR count). The Bertz CT molecular complexity index is 394. The van der Waals surface area contributed by atoms with Crippen LogP contribution in [0.15, 0.2) is 0 Å². The topological polar surface area (TPSA) is 62.0 Å². The Morgan fingerprint density at radius 1 is 1.12 bits per heavy atom. The van der Waals surface area contributed by atoms with E-state index in [2.05, 4.69) is 37.5 Å². The number of rotatable bonds is 6. The Kier molecular flexibility index (Phi) is 7.47. The van der Waals surface area contributed by atoms with Crippen LogP contribution in [0.3, 0.4) is 0 Å². The van der Waals surface area contributed by atoms with Crippen molar-refractivity contribution in [3.8, 4) is 0 Å². The highest BCUT2D eigenvalue weighted by Gasteiger charge is 2.28. The lowest BCUT2D eigenvalue weighted by molar-refractivity contribution is -0.135. The maximum Gasteiger partial charge on any atom is 0.239 e. The molecule has 0 aromatic heterocycles. The first kappa shape index (κ1) is 19.6. The molecule has 0 bridgehead atoms. The van der Waals surface area contributed by atoms with Gasteiger partial charge in [0.1, 0.15) is 0 Å². The number of carbonyl (C=O) groups excluding carboxylic acids is 1. The fourth-order valence-corrected chi connectivity index (χ4v) is 3.60. The van der Waals surface area contributed by atoms with E-state index in [-0.39, 0.29) is 18.1 Å². The van der Waals surface area contributed by atoms with Crippen molar-refractivity contribution >= 4 is 5.91 Å². The number of nitrogens with zero attached hydrogens (tertiary/aromatic N) is 3. The summed E-state index contributed by atoms with van der Waals surface area (Å²) in [5.74, 6) is 0.570. The summed E-state index contributed by atoms with van der Waals surface area (Å²) in [5.41, 5.74) is 6.05. The molecule has 2 fully saturated rings. The number of ether oxygens (including phenoxy) is 1. The second kappa shape index (κ2) is 9.13. The molecular formula is C18H36N4O2. The second-order valence-corrected chi connectivity index (χ2v) is 7.94. The Hall–Kier alpha value is -0.690. The van der Waals surface area contributed by atoms with Crippen molar-refractivity contribution in [2.24, 2.45) is 11.7 Å². The van der Waals surface area contributed by atoms with E-state index >= 15 is 0 Å². The molecule has 0 aromatic rings. The van der Waals surface area contributed by atoms with E-state index in [4.69, 9.17) is 10.5 Å². The molecule has 0 aromatic carbocycles. The van der Waals surface area contributed by atoms with Gasteiger partial charge in [0.15, 0.2) is 0 Å². The van der Waals surface area contributed by atoms with Crippen LogP contribution in [-0.4, -0.2) is 91.2 Å². The van der Waals surface area contributed by atoms with Crippen LogP contribution in [0, 0.1) is 5.92 Å². The van der Waals surface area contributed by atoms with Gasteiger partial charge in [0.25, 0.3) is 0 Å². The average molecular weight is 341 g/mol. The van der Waals surface area contributed by atoms with E-state index in [0.29, 0.717) is 12.0 Å². The zero-order valence-corrected chi connectivity index (χ0v) is 15.9. The predicted molar refractivity (Wildman–Crippen MR) is 96.9 cm³/mol. The second-order valence-electron chi connectivity index (χ2n) is 7.94. The van der Waals surface area contributed by atoms with Gasteiger partial charge in [-0.15, -0.1) is 0 Å². The molecule has 2 heterocycles. The molecule has 6 heteroatoms. The van der Waals surface area contributed by atoms with Gasteiger partial charge in [-0.1, -0.05) is 13.8 Å². The van der Waals surface area contributed by atoms with Gasteiger partial charge in [-0.25, -0.2) is 0 Å². The van der Waals surface area contributed by atoms with Gasteiger partial charge in [-0.2, -0.15) is 0 Å². The van der Waals surface area contributed by atoms with Crippen LogP contribution in [0.1, 0.15) is 34.1 Å². The van der Waals surface area contributed by atoms with Crippen LogP contribution in [-0.2, 0) is 9.53 Å². The maximum absolute atomic E-state index is 12.4. The first-order chi connectivity index (χ1) is 11.4. The number of hydrogen-bond donors (Lipinski definition) is 1. The summed E-state index contributed by atoms with van der Waals surface area (Å²) in [6.45, 7) is 15.9. The fraction of sp³-hybridized carbons (Fsp3) is 0.944. The lowest BCUT2D eigenvalue weighted by Crippen LogP contribution is -2.56. The molecule has 0 spiro atoms. The summed E-state index contributed by atoms with van der Waals surface area (Å²) in [6, 6.07) is 0.228. The number of piperazine rings is 1. The van der Waals surface area contributed by atoms with Crippen LogP contribution >= 0.6 is 0 Å². The van der Waals surface area contributed by atoms with Crippen molar-refractivity contribution in [2.75, 3.05) is 52.4 Å².